The van der Waals surface area contributed by atoms with E-state index in [2.05, 4.69) is 75.3 Å². The molecule has 2 atom stereocenters. The number of aryl methyl sites for hydroxylation is 1. The van der Waals surface area contributed by atoms with Crippen molar-refractivity contribution in [3.05, 3.63) is 102 Å². The molecule has 1 aromatic heterocycles. The van der Waals surface area contributed by atoms with E-state index in [0.717, 1.165) is 44.4 Å². The Kier molecular flexibility index (Phi) is 7.76. The number of nitrogens with zero attached hydrogens (tertiary/aromatic N) is 5. The largest absolute Gasteiger partial charge is 0.368 e. The van der Waals surface area contributed by atoms with Gasteiger partial charge in [-0.3, -0.25) is 0 Å². The second kappa shape index (κ2) is 11.6. The Labute approximate surface area is 238 Å². The maximum Gasteiger partial charge on any atom is 0.137 e. The van der Waals surface area contributed by atoms with E-state index in [1.165, 1.54) is 40.3 Å². The third-order valence-corrected chi connectivity index (χ3v) is 9.03. The zero-order valence-electron chi connectivity index (χ0n) is 22.5. The molecule has 4 aromatic rings. The molecule has 6 rings (SSSR count). The Morgan fingerprint density at radius 2 is 1.60 bits per heavy atom. The van der Waals surface area contributed by atoms with Gasteiger partial charge in [-0.25, -0.2) is 18.4 Å². The maximum absolute atomic E-state index is 14.9. The number of thioether (sulfide) groups is 1. The van der Waals surface area contributed by atoms with Crippen LogP contribution in [0.4, 0.5) is 20.2 Å². The summed E-state index contributed by atoms with van der Waals surface area (Å²) in [4.78, 5) is 10.1. The van der Waals surface area contributed by atoms with Crippen molar-refractivity contribution in [1.82, 2.24) is 14.8 Å². The normalized spacial score (nSPS) is 21.2. The molecule has 2 aliphatic rings. The van der Waals surface area contributed by atoms with Crippen molar-refractivity contribution < 1.29 is 13.5 Å². The van der Waals surface area contributed by atoms with Crippen LogP contribution in [-0.2, 0) is 16.9 Å². The molecule has 2 saturated heterocycles. The monoisotopic (exact) mass is 561 g/mol. The number of hydrogen-bond donors (Lipinski definition) is 0. The van der Waals surface area contributed by atoms with Gasteiger partial charge in [0.25, 0.3) is 0 Å². The van der Waals surface area contributed by atoms with Gasteiger partial charge in [-0.05, 0) is 62.2 Å². The molecule has 2 aliphatic heterocycles. The minimum absolute atomic E-state index is 0.0625. The molecule has 3 aromatic carbocycles. The van der Waals surface area contributed by atoms with Crippen LogP contribution in [0.3, 0.4) is 0 Å². The van der Waals surface area contributed by atoms with E-state index in [1.807, 2.05) is 0 Å². The summed E-state index contributed by atoms with van der Waals surface area (Å²) in [6, 6.07) is 21.2. The Morgan fingerprint density at radius 3 is 2.23 bits per heavy atom. The SMILES string of the molecule is Cc1ccc(N2CCN(c3ccc(SCC4CCC(Cn5cncn5)(c5ccc(F)cc5F)O4)cc3)CC2)cc1. The lowest BCUT2D eigenvalue weighted by atomic mass is 9.90. The summed E-state index contributed by atoms with van der Waals surface area (Å²) in [5.41, 5.74) is 3.26. The number of aromatic nitrogens is 3. The minimum atomic E-state index is -0.915. The quantitative estimate of drug-likeness (QED) is 0.244. The van der Waals surface area contributed by atoms with Crippen molar-refractivity contribution >= 4 is 23.1 Å². The second-order valence-electron chi connectivity index (χ2n) is 10.6. The first-order valence-electron chi connectivity index (χ1n) is 13.7. The predicted octanol–water partition coefficient (Wildman–Crippen LogP) is 6.06. The lowest BCUT2D eigenvalue weighted by Crippen LogP contribution is -2.46. The summed E-state index contributed by atoms with van der Waals surface area (Å²) in [7, 11) is 0. The fourth-order valence-electron chi connectivity index (χ4n) is 5.70. The standard InChI is InChI=1S/C31H33F2N5OS/c1-23-2-5-25(6-3-23)36-14-16-37(17-15-36)26-7-9-28(10-8-26)40-19-27-12-13-31(39-27,20-38-22-34-21-35-38)29-11-4-24(32)18-30(29)33/h2-11,18,21-22,27H,12-17,19-20H2,1H3. The van der Waals surface area contributed by atoms with Crippen molar-refractivity contribution in [3.8, 4) is 0 Å². The molecule has 0 spiro atoms. The Hall–Kier alpha value is -3.43. The summed E-state index contributed by atoms with van der Waals surface area (Å²) in [6.45, 7) is 6.43. The molecule has 0 radical (unpaired) electrons. The van der Waals surface area contributed by atoms with Gasteiger partial charge in [0.05, 0.1) is 12.6 Å². The van der Waals surface area contributed by atoms with Gasteiger partial charge in [0.1, 0.15) is 29.9 Å². The van der Waals surface area contributed by atoms with Crippen LogP contribution in [0.1, 0.15) is 24.0 Å². The highest BCUT2D eigenvalue weighted by Gasteiger charge is 2.44. The number of rotatable bonds is 8. The van der Waals surface area contributed by atoms with E-state index in [-0.39, 0.29) is 6.10 Å². The molecule has 0 bridgehead atoms. The molecule has 0 saturated carbocycles. The van der Waals surface area contributed by atoms with Crippen LogP contribution in [0.5, 0.6) is 0 Å². The fraction of sp³-hybridized carbons (Fsp3) is 0.355. The van der Waals surface area contributed by atoms with Crippen LogP contribution < -0.4 is 9.80 Å². The highest BCUT2D eigenvalue weighted by molar-refractivity contribution is 7.99. The van der Waals surface area contributed by atoms with Gasteiger partial charge < -0.3 is 14.5 Å². The Bertz CT molecular complexity index is 1410. The van der Waals surface area contributed by atoms with E-state index in [9.17, 15) is 8.78 Å². The van der Waals surface area contributed by atoms with Crippen molar-refractivity contribution in [2.24, 2.45) is 0 Å². The average Bonchev–Trinajstić information content (AvgIpc) is 3.63. The summed E-state index contributed by atoms with van der Waals surface area (Å²) in [5, 5.41) is 4.20. The molecule has 40 heavy (non-hydrogen) atoms. The molecule has 0 aliphatic carbocycles. The Balaban J connectivity index is 1.06. The van der Waals surface area contributed by atoms with Crippen molar-refractivity contribution in [3.63, 3.8) is 0 Å². The molecule has 2 fully saturated rings. The van der Waals surface area contributed by atoms with Crippen molar-refractivity contribution in [2.45, 2.75) is 42.9 Å². The highest BCUT2D eigenvalue weighted by Crippen LogP contribution is 2.43. The first-order valence-corrected chi connectivity index (χ1v) is 14.7. The van der Waals surface area contributed by atoms with E-state index in [0.29, 0.717) is 18.5 Å². The van der Waals surface area contributed by atoms with Gasteiger partial charge >= 0.3 is 0 Å². The number of hydrogen-bond acceptors (Lipinski definition) is 6. The zero-order valence-corrected chi connectivity index (χ0v) is 23.4. The third kappa shape index (κ3) is 5.86. The van der Waals surface area contributed by atoms with Crippen LogP contribution >= 0.6 is 11.8 Å². The molecular formula is C31H33F2N5OS. The van der Waals surface area contributed by atoms with E-state index in [4.69, 9.17) is 4.74 Å². The second-order valence-corrected chi connectivity index (χ2v) is 11.7. The van der Waals surface area contributed by atoms with Crippen LogP contribution in [-0.4, -0.2) is 52.8 Å². The number of piperazine rings is 1. The summed E-state index contributed by atoms with van der Waals surface area (Å²) >= 11 is 1.74. The molecule has 2 unspecified atom stereocenters. The van der Waals surface area contributed by atoms with Crippen LogP contribution in [0.25, 0.3) is 0 Å². The van der Waals surface area contributed by atoms with Gasteiger partial charge in [0.15, 0.2) is 0 Å². The van der Waals surface area contributed by atoms with Gasteiger partial charge in [0, 0.05) is 59.8 Å². The topological polar surface area (TPSA) is 46.4 Å². The minimum Gasteiger partial charge on any atom is -0.368 e. The molecule has 208 valence electrons. The highest BCUT2D eigenvalue weighted by atomic mass is 32.2. The third-order valence-electron chi connectivity index (χ3n) is 7.88. The number of halogens is 2. The van der Waals surface area contributed by atoms with Crippen LogP contribution in [0, 0.1) is 18.6 Å². The maximum atomic E-state index is 14.9. The van der Waals surface area contributed by atoms with Crippen LogP contribution in [0.2, 0.25) is 0 Å². The molecule has 9 heteroatoms. The lowest BCUT2D eigenvalue weighted by Gasteiger charge is -2.37. The van der Waals surface area contributed by atoms with Gasteiger partial charge in [0.2, 0.25) is 0 Å². The smallest absolute Gasteiger partial charge is 0.137 e. The van der Waals surface area contributed by atoms with Gasteiger partial charge in [-0.2, -0.15) is 5.10 Å². The summed E-state index contributed by atoms with van der Waals surface area (Å²) in [6.07, 6.45) is 4.38. The Morgan fingerprint density at radius 1 is 0.925 bits per heavy atom. The zero-order chi connectivity index (χ0) is 27.5. The van der Waals surface area contributed by atoms with Crippen LogP contribution in [0.15, 0.2) is 84.3 Å². The van der Waals surface area contributed by atoms with E-state index in [1.54, 1.807) is 22.8 Å². The molecule has 0 amide bonds. The summed E-state index contributed by atoms with van der Waals surface area (Å²) in [5.74, 6) is -0.446. The number of anilines is 2. The van der Waals surface area contributed by atoms with E-state index >= 15 is 0 Å². The van der Waals surface area contributed by atoms with Crippen molar-refractivity contribution in [2.75, 3.05) is 41.7 Å². The molecular weight excluding hydrogens is 528 g/mol. The molecule has 0 N–H and O–H groups in total. The van der Waals surface area contributed by atoms with Crippen molar-refractivity contribution in [1.29, 1.82) is 0 Å². The van der Waals surface area contributed by atoms with E-state index < -0.39 is 17.2 Å². The first kappa shape index (κ1) is 26.8. The molecule has 6 nitrogen and oxygen atoms in total. The predicted molar refractivity (Wildman–Crippen MR) is 155 cm³/mol. The fourth-order valence-corrected chi connectivity index (χ4v) is 6.65. The number of benzene rings is 3. The van der Waals surface area contributed by atoms with Gasteiger partial charge in [-0.15, -0.1) is 11.8 Å². The number of ether oxygens (including phenoxy) is 1. The average molecular weight is 562 g/mol. The molecule has 3 heterocycles. The van der Waals surface area contributed by atoms with Gasteiger partial charge in [-0.1, -0.05) is 23.8 Å². The summed E-state index contributed by atoms with van der Waals surface area (Å²) < 4.78 is 36.7. The lowest BCUT2D eigenvalue weighted by molar-refractivity contribution is -0.0530. The first-order chi connectivity index (χ1) is 19.5.